The minimum Gasteiger partial charge on any atom is -0.383 e. The minimum absolute atomic E-state index is 0.126. The third kappa shape index (κ3) is 4.54. The molecule has 0 spiro atoms. The van der Waals surface area contributed by atoms with Crippen molar-refractivity contribution in [2.45, 2.75) is 45.6 Å². The number of nitrogens with one attached hydrogen (secondary N) is 1. The fourth-order valence-electron chi connectivity index (χ4n) is 3.76. The topological polar surface area (TPSA) is 57.7 Å². The molecule has 0 aromatic carbocycles. The molecule has 144 valence electrons. The highest BCUT2D eigenvalue weighted by Gasteiger charge is 2.25. The largest absolute Gasteiger partial charge is 0.383 e. The fourth-order valence-corrected chi connectivity index (χ4v) is 3.76. The number of likely N-dealkylation sites (tertiary alicyclic amines) is 1. The van der Waals surface area contributed by atoms with Gasteiger partial charge in [0.05, 0.1) is 12.2 Å². The number of hydrogen-bond acceptors (Lipinski definition) is 5. The van der Waals surface area contributed by atoms with Crippen molar-refractivity contribution in [3.63, 3.8) is 0 Å². The third-order valence-corrected chi connectivity index (χ3v) is 5.21. The van der Waals surface area contributed by atoms with Crippen molar-refractivity contribution in [3.05, 3.63) is 22.9 Å². The minimum atomic E-state index is 0.126. The van der Waals surface area contributed by atoms with E-state index in [2.05, 4.69) is 30.1 Å². The number of amides is 1. The Kier molecular flexibility index (Phi) is 6.48. The quantitative estimate of drug-likeness (QED) is 0.843. The summed E-state index contributed by atoms with van der Waals surface area (Å²) >= 11 is 0. The van der Waals surface area contributed by atoms with Gasteiger partial charge >= 0.3 is 0 Å². The lowest BCUT2D eigenvalue weighted by atomic mass is 10.0. The highest BCUT2D eigenvalue weighted by molar-refractivity contribution is 5.99. The number of pyridine rings is 1. The molecule has 3 rings (SSSR count). The summed E-state index contributed by atoms with van der Waals surface area (Å²) in [6.45, 7) is 9.58. The van der Waals surface area contributed by atoms with Gasteiger partial charge in [0.15, 0.2) is 0 Å². The van der Waals surface area contributed by atoms with Gasteiger partial charge in [-0.15, -0.1) is 0 Å². The van der Waals surface area contributed by atoms with E-state index >= 15 is 0 Å². The van der Waals surface area contributed by atoms with Crippen molar-refractivity contribution < 1.29 is 9.53 Å². The lowest BCUT2D eigenvalue weighted by Gasteiger charge is -2.21. The molecule has 2 aliphatic heterocycles. The maximum atomic E-state index is 13.0. The second kappa shape index (κ2) is 8.82. The van der Waals surface area contributed by atoms with Gasteiger partial charge in [-0.05, 0) is 44.7 Å². The van der Waals surface area contributed by atoms with Gasteiger partial charge in [0.25, 0.3) is 5.91 Å². The van der Waals surface area contributed by atoms with Gasteiger partial charge in [0.1, 0.15) is 5.82 Å². The van der Waals surface area contributed by atoms with E-state index in [1.54, 1.807) is 7.11 Å². The molecule has 3 heterocycles. The Morgan fingerprint density at radius 3 is 2.65 bits per heavy atom. The van der Waals surface area contributed by atoms with Crippen LogP contribution in [0, 0.1) is 0 Å². The Morgan fingerprint density at radius 2 is 1.96 bits per heavy atom. The number of anilines is 1. The Bertz CT molecular complexity index is 626. The average molecular weight is 361 g/mol. The van der Waals surface area contributed by atoms with Crippen molar-refractivity contribution in [3.8, 4) is 0 Å². The predicted molar refractivity (Wildman–Crippen MR) is 104 cm³/mol. The third-order valence-electron chi connectivity index (χ3n) is 5.21. The van der Waals surface area contributed by atoms with E-state index in [9.17, 15) is 4.79 Å². The highest BCUT2D eigenvalue weighted by Crippen LogP contribution is 2.25. The second-order valence-corrected chi connectivity index (χ2v) is 7.62. The van der Waals surface area contributed by atoms with E-state index < -0.39 is 0 Å². The Balaban J connectivity index is 1.85. The van der Waals surface area contributed by atoms with E-state index in [1.807, 2.05) is 4.90 Å². The summed E-state index contributed by atoms with van der Waals surface area (Å²) in [4.78, 5) is 22.3. The number of fused-ring (bicyclic) bond motifs is 1. The first-order valence-corrected chi connectivity index (χ1v) is 9.88. The lowest BCUT2D eigenvalue weighted by Crippen LogP contribution is -2.29. The van der Waals surface area contributed by atoms with Crippen molar-refractivity contribution in [1.82, 2.24) is 14.8 Å². The predicted octanol–water partition coefficient (Wildman–Crippen LogP) is 2.18. The van der Waals surface area contributed by atoms with Crippen LogP contribution >= 0.6 is 0 Å². The van der Waals surface area contributed by atoms with Gasteiger partial charge in [0.2, 0.25) is 0 Å². The maximum Gasteiger partial charge on any atom is 0.257 e. The van der Waals surface area contributed by atoms with Gasteiger partial charge in [0, 0.05) is 58.0 Å². The van der Waals surface area contributed by atoms with Crippen LogP contribution in [-0.4, -0.2) is 73.2 Å². The molecule has 0 aliphatic carbocycles. The summed E-state index contributed by atoms with van der Waals surface area (Å²) in [5.74, 6) is 0.877. The molecular formula is C20H32N4O2. The fraction of sp³-hybridized carbons (Fsp3) is 0.700. The first-order valence-electron chi connectivity index (χ1n) is 9.88. The number of hydrogen-bond donors (Lipinski definition) is 1. The average Bonchev–Trinajstić information content (AvgIpc) is 3.08. The van der Waals surface area contributed by atoms with Crippen molar-refractivity contribution in [2.75, 3.05) is 51.8 Å². The summed E-state index contributed by atoms with van der Waals surface area (Å²) in [5.41, 5.74) is 3.09. The van der Waals surface area contributed by atoms with Crippen LogP contribution < -0.4 is 5.32 Å². The Labute approximate surface area is 156 Å². The van der Waals surface area contributed by atoms with Crippen LogP contribution in [0.1, 0.15) is 48.3 Å². The van der Waals surface area contributed by atoms with Crippen LogP contribution in [0.5, 0.6) is 0 Å². The zero-order valence-electron chi connectivity index (χ0n) is 16.4. The number of ether oxygens (including phenoxy) is 1. The number of rotatable bonds is 6. The molecule has 1 saturated heterocycles. The van der Waals surface area contributed by atoms with E-state index in [-0.39, 0.29) is 11.9 Å². The van der Waals surface area contributed by atoms with Gasteiger partial charge in [-0.1, -0.05) is 0 Å². The number of methoxy groups -OCH3 is 1. The molecular weight excluding hydrogens is 328 g/mol. The Morgan fingerprint density at radius 1 is 1.23 bits per heavy atom. The molecule has 0 radical (unpaired) electrons. The van der Waals surface area contributed by atoms with Crippen molar-refractivity contribution in [1.29, 1.82) is 0 Å². The van der Waals surface area contributed by atoms with E-state index in [0.717, 1.165) is 82.1 Å². The van der Waals surface area contributed by atoms with Crippen LogP contribution in [0.2, 0.25) is 0 Å². The summed E-state index contributed by atoms with van der Waals surface area (Å²) in [5, 5.41) is 3.40. The number of nitrogens with zero attached hydrogens (tertiary/aromatic N) is 3. The van der Waals surface area contributed by atoms with Crippen LogP contribution in [0.3, 0.4) is 0 Å². The summed E-state index contributed by atoms with van der Waals surface area (Å²) in [6.07, 6.45) is 4.06. The molecule has 1 aromatic heterocycles. The SMILES string of the molecule is COCCN1CCc2cc(C(=O)N3CCCC3)c(NC(C)C)nc2CC1. The van der Waals surface area contributed by atoms with Crippen LogP contribution in [0.25, 0.3) is 0 Å². The molecule has 1 amide bonds. The van der Waals surface area contributed by atoms with Crippen molar-refractivity contribution >= 4 is 11.7 Å². The second-order valence-electron chi connectivity index (χ2n) is 7.62. The lowest BCUT2D eigenvalue weighted by molar-refractivity contribution is 0.0793. The number of aromatic nitrogens is 1. The van der Waals surface area contributed by atoms with Gasteiger partial charge in [-0.3, -0.25) is 4.79 Å². The zero-order valence-corrected chi connectivity index (χ0v) is 16.4. The maximum absolute atomic E-state index is 13.0. The first kappa shape index (κ1) is 19.1. The highest BCUT2D eigenvalue weighted by atomic mass is 16.5. The van der Waals surface area contributed by atoms with Crippen LogP contribution in [0.4, 0.5) is 5.82 Å². The summed E-state index contributed by atoms with van der Waals surface area (Å²) in [6, 6.07) is 2.35. The Hall–Kier alpha value is -1.66. The normalized spacial score (nSPS) is 18.1. The molecule has 26 heavy (non-hydrogen) atoms. The molecule has 1 fully saturated rings. The molecule has 0 bridgehead atoms. The molecule has 6 heteroatoms. The number of carbonyl (C=O) groups is 1. The van der Waals surface area contributed by atoms with E-state index in [4.69, 9.17) is 9.72 Å². The molecule has 1 N–H and O–H groups in total. The standard InChI is InChI=1S/C20H32N4O2/c1-15(2)21-19-17(20(25)24-8-4-5-9-24)14-16-6-10-23(12-13-26-3)11-7-18(16)22-19/h14-15H,4-13H2,1-3H3,(H,21,22). The van der Waals surface area contributed by atoms with Gasteiger partial charge < -0.3 is 19.9 Å². The molecule has 0 unspecified atom stereocenters. The first-order chi connectivity index (χ1) is 12.6. The molecule has 1 aromatic rings. The monoisotopic (exact) mass is 360 g/mol. The van der Waals surface area contributed by atoms with Gasteiger partial charge in [-0.25, -0.2) is 4.98 Å². The van der Waals surface area contributed by atoms with Crippen LogP contribution in [-0.2, 0) is 17.6 Å². The van der Waals surface area contributed by atoms with E-state index in [0.29, 0.717) is 0 Å². The van der Waals surface area contributed by atoms with Gasteiger partial charge in [-0.2, -0.15) is 0 Å². The molecule has 2 aliphatic rings. The van der Waals surface area contributed by atoms with E-state index in [1.165, 1.54) is 5.56 Å². The molecule has 0 atom stereocenters. The van der Waals surface area contributed by atoms with Crippen LogP contribution in [0.15, 0.2) is 6.07 Å². The zero-order chi connectivity index (χ0) is 18.5. The molecule has 0 saturated carbocycles. The van der Waals surface area contributed by atoms with Crippen molar-refractivity contribution in [2.24, 2.45) is 0 Å². The number of carbonyl (C=O) groups excluding carboxylic acids is 1. The smallest absolute Gasteiger partial charge is 0.257 e. The molecule has 6 nitrogen and oxygen atoms in total. The summed E-state index contributed by atoms with van der Waals surface area (Å²) in [7, 11) is 1.74. The summed E-state index contributed by atoms with van der Waals surface area (Å²) < 4.78 is 5.22.